The van der Waals surface area contributed by atoms with E-state index in [-0.39, 0.29) is 0 Å². The Bertz CT molecular complexity index is 681. The Morgan fingerprint density at radius 1 is 0.818 bits per heavy atom. The van der Waals surface area contributed by atoms with Crippen LogP contribution in [0, 0.1) is 0 Å². The van der Waals surface area contributed by atoms with E-state index in [1.54, 1.807) is 0 Å². The Balaban J connectivity index is 2.63. The monoisotopic (exact) mass is 288 g/mol. The molecule has 0 spiro atoms. The van der Waals surface area contributed by atoms with Crippen LogP contribution in [0.15, 0.2) is 84.5 Å². The lowest BCUT2D eigenvalue weighted by Crippen LogP contribution is -1.95. The van der Waals surface area contributed by atoms with Gasteiger partial charge in [0.05, 0.1) is 0 Å². The van der Waals surface area contributed by atoms with Gasteiger partial charge in [0.25, 0.3) is 0 Å². The largest absolute Gasteiger partial charge is 0.103 e. The van der Waals surface area contributed by atoms with E-state index >= 15 is 0 Å². The predicted octanol–water partition coefficient (Wildman–Crippen LogP) is 6.53. The molecule has 0 nitrogen and oxygen atoms in total. The van der Waals surface area contributed by atoms with E-state index in [0.29, 0.717) is 0 Å². The molecule has 0 heterocycles. The number of hydrogen-bond acceptors (Lipinski definition) is 0. The lowest BCUT2D eigenvalue weighted by molar-refractivity contribution is 1.31. The molecule has 0 bridgehead atoms. The highest BCUT2D eigenvalue weighted by Crippen LogP contribution is 2.34. The van der Waals surface area contributed by atoms with Gasteiger partial charge in [-0.05, 0) is 55.0 Å². The van der Waals surface area contributed by atoms with Crippen molar-refractivity contribution < 1.29 is 0 Å². The SMILES string of the molecule is C=CC/C(=C(/C)C(=C(C)C)c1ccccc1)c1ccccc1. The van der Waals surface area contributed by atoms with Crippen molar-refractivity contribution in [3.05, 3.63) is 95.6 Å². The molecule has 2 aromatic carbocycles. The third-order valence-corrected chi connectivity index (χ3v) is 3.86. The van der Waals surface area contributed by atoms with Crippen LogP contribution in [0.3, 0.4) is 0 Å². The van der Waals surface area contributed by atoms with Gasteiger partial charge in [0.1, 0.15) is 0 Å². The van der Waals surface area contributed by atoms with Gasteiger partial charge >= 0.3 is 0 Å². The first kappa shape index (κ1) is 16.0. The molecule has 112 valence electrons. The topological polar surface area (TPSA) is 0 Å². The molecule has 0 aliphatic rings. The Kier molecular flexibility index (Phi) is 5.55. The van der Waals surface area contributed by atoms with Gasteiger partial charge in [0, 0.05) is 0 Å². The van der Waals surface area contributed by atoms with E-state index in [0.717, 1.165) is 6.42 Å². The number of allylic oxidation sites excluding steroid dienone is 5. The predicted molar refractivity (Wildman–Crippen MR) is 98.6 cm³/mol. The summed E-state index contributed by atoms with van der Waals surface area (Å²) in [6.07, 6.45) is 2.86. The van der Waals surface area contributed by atoms with Crippen LogP contribution < -0.4 is 0 Å². The summed E-state index contributed by atoms with van der Waals surface area (Å²) in [7, 11) is 0. The fourth-order valence-electron chi connectivity index (χ4n) is 2.91. The van der Waals surface area contributed by atoms with Gasteiger partial charge in [-0.15, -0.1) is 6.58 Å². The van der Waals surface area contributed by atoms with Crippen LogP contribution in [0.25, 0.3) is 11.1 Å². The van der Waals surface area contributed by atoms with Crippen LogP contribution >= 0.6 is 0 Å². The summed E-state index contributed by atoms with van der Waals surface area (Å²) in [5, 5.41) is 0. The maximum atomic E-state index is 3.94. The maximum Gasteiger partial charge on any atom is -0.00913 e. The Morgan fingerprint density at radius 2 is 1.32 bits per heavy atom. The molecule has 0 aromatic heterocycles. The van der Waals surface area contributed by atoms with E-state index in [1.807, 2.05) is 6.08 Å². The zero-order valence-electron chi connectivity index (χ0n) is 13.8. The lowest BCUT2D eigenvalue weighted by atomic mass is 9.88. The number of benzene rings is 2. The molecule has 0 unspecified atom stereocenters. The van der Waals surface area contributed by atoms with Gasteiger partial charge in [-0.1, -0.05) is 72.3 Å². The first-order valence-corrected chi connectivity index (χ1v) is 7.74. The highest BCUT2D eigenvalue weighted by molar-refractivity contribution is 5.90. The highest BCUT2D eigenvalue weighted by Gasteiger charge is 2.11. The molecule has 2 aromatic rings. The van der Waals surface area contributed by atoms with E-state index < -0.39 is 0 Å². The molecule has 0 saturated heterocycles. The minimum Gasteiger partial charge on any atom is -0.103 e. The molecule has 0 radical (unpaired) electrons. The van der Waals surface area contributed by atoms with Crippen LogP contribution in [0.2, 0.25) is 0 Å². The standard InChI is InChI=1S/C22H24/c1-5-12-21(19-13-8-6-9-14-19)18(4)22(17(2)3)20-15-10-7-11-16-20/h5-11,13-16H,1,12H2,2-4H3/b21-18+. The number of rotatable bonds is 5. The van der Waals surface area contributed by atoms with Crippen molar-refractivity contribution in [3.8, 4) is 0 Å². The van der Waals surface area contributed by atoms with E-state index in [4.69, 9.17) is 0 Å². The summed E-state index contributed by atoms with van der Waals surface area (Å²) in [6, 6.07) is 21.2. The van der Waals surface area contributed by atoms with Gasteiger partial charge in [-0.25, -0.2) is 0 Å². The van der Waals surface area contributed by atoms with E-state index in [1.165, 1.54) is 33.4 Å². The van der Waals surface area contributed by atoms with E-state index in [2.05, 4.69) is 88.0 Å². The van der Waals surface area contributed by atoms with Crippen LogP contribution in [-0.2, 0) is 0 Å². The summed E-state index contributed by atoms with van der Waals surface area (Å²) < 4.78 is 0. The van der Waals surface area contributed by atoms with Crippen molar-refractivity contribution in [2.75, 3.05) is 0 Å². The molecule has 2 rings (SSSR count). The van der Waals surface area contributed by atoms with Crippen LogP contribution in [0.5, 0.6) is 0 Å². The van der Waals surface area contributed by atoms with Gasteiger partial charge < -0.3 is 0 Å². The van der Waals surface area contributed by atoms with Crippen LogP contribution in [0.4, 0.5) is 0 Å². The minimum atomic E-state index is 0.874. The third-order valence-electron chi connectivity index (χ3n) is 3.86. The van der Waals surface area contributed by atoms with Crippen molar-refractivity contribution in [1.82, 2.24) is 0 Å². The van der Waals surface area contributed by atoms with Gasteiger partial charge in [-0.2, -0.15) is 0 Å². The van der Waals surface area contributed by atoms with Gasteiger partial charge in [-0.3, -0.25) is 0 Å². The molecule has 0 aliphatic heterocycles. The summed E-state index contributed by atoms with van der Waals surface area (Å²) >= 11 is 0. The van der Waals surface area contributed by atoms with Crippen LogP contribution in [0.1, 0.15) is 38.3 Å². The highest BCUT2D eigenvalue weighted by atomic mass is 14.2. The van der Waals surface area contributed by atoms with Crippen molar-refractivity contribution in [2.24, 2.45) is 0 Å². The second-order valence-corrected chi connectivity index (χ2v) is 5.70. The van der Waals surface area contributed by atoms with Crippen molar-refractivity contribution in [2.45, 2.75) is 27.2 Å². The average Bonchev–Trinajstić information content (AvgIpc) is 2.54. The molecule has 0 saturated carbocycles. The molecule has 0 fully saturated rings. The summed E-state index contributed by atoms with van der Waals surface area (Å²) in [6.45, 7) is 10.5. The summed E-state index contributed by atoms with van der Waals surface area (Å²) in [5.74, 6) is 0. The second kappa shape index (κ2) is 7.61. The quantitative estimate of drug-likeness (QED) is 0.433. The van der Waals surface area contributed by atoms with Crippen LogP contribution in [-0.4, -0.2) is 0 Å². The third kappa shape index (κ3) is 3.65. The second-order valence-electron chi connectivity index (χ2n) is 5.70. The molecule has 0 heteroatoms. The zero-order valence-corrected chi connectivity index (χ0v) is 13.8. The van der Waals surface area contributed by atoms with Gasteiger partial charge in [0.2, 0.25) is 0 Å². The molecule has 0 atom stereocenters. The molecule has 0 N–H and O–H groups in total. The summed E-state index contributed by atoms with van der Waals surface area (Å²) in [4.78, 5) is 0. The summed E-state index contributed by atoms with van der Waals surface area (Å²) in [5.41, 5.74) is 7.89. The van der Waals surface area contributed by atoms with E-state index in [9.17, 15) is 0 Å². The molecule has 0 amide bonds. The Morgan fingerprint density at radius 3 is 1.77 bits per heavy atom. The Hall–Kier alpha value is -2.34. The maximum absolute atomic E-state index is 3.94. The number of hydrogen-bond donors (Lipinski definition) is 0. The lowest BCUT2D eigenvalue weighted by Gasteiger charge is -2.17. The first-order valence-electron chi connectivity index (χ1n) is 7.74. The van der Waals surface area contributed by atoms with Gasteiger partial charge in [0.15, 0.2) is 0 Å². The zero-order chi connectivity index (χ0) is 15.9. The fourth-order valence-corrected chi connectivity index (χ4v) is 2.91. The average molecular weight is 288 g/mol. The molecular weight excluding hydrogens is 264 g/mol. The molecule has 0 aliphatic carbocycles. The van der Waals surface area contributed by atoms with Crippen molar-refractivity contribution >= 4 is 11.1 Å². The van der Waals surface area contributed by atoms with Crippen molar-refractivity contribution in [3.63, 3.8) is 0 Å². The molecule has 22 heavy (non-hydrogen) atoms. The fraction of sp³-hybridized carbons (Fsp3) is 0.182. The smallest absolute Gasteiger partial charge is 0.00913 e. The molecular formula is C22H24. The van der Waals surface area contributed by atoms with Crippen molar-refractivity contribution in [1.29, 1.82) is 0 Å². The minimum absolute atomic E-state index is 0.874. The first-order chi connectivity index (χ1) is 10.6. The normalized spacial score (nSPS) is 11.6. The Labute approximate surface area is 134 Å².